The predicted octanol–water partition coefficient (Wildman–Crippen LogP) is 7.71. The van der Waals surface area contributed by atoms with E-state index in [1.165, 1.54) is 67.1 Å². The molecule has 0 unspecified atom stereocenters. The van der Waals surface area contributed by atoms with Gasteiger partial charge in [0.1, 0.15) is 0 Å². The predicted molar refractivity (Wildman–Crippen MR) is 131 cm³/mol. The van der Waals surface area contributed by atoms with Gasteiger partial charge in [0.2, 0.25) is 0 Å². The summed E-state index contributed by atoms with van der Waals surface area (Å²) in [7, 11) is 0. The summed E-state index contributed by atoms with van der Waals surface area (Å²) in [5, 5.41) is 5.44. The molecule has 0 nitrogen and oxygen atoms in total. The van der Waals surface area contributed by atoms with Crippen LogP contribution in [0.5, 0.6) is 0 Å². The molecule has 0 aromatic heterocycles. The van der Waals surface area contributed by atoms with E-state index in [1.807, 2.05) is 0 Å². The van der Waals surface area contributed by atoms with Crippen LogP contribution in [0, 0.1) is 42.5 Å². The maximum atomic E-state index is 3.06. The van der Waals surface area contributed by atoms with Gasteiger partial charge in [0.05, 0.1) is 0 Å². The molecule has 0 N–H and O–H groups in total. The average Bonchev–Trinajstić information content (AvgIpc) is 3.09. The van der Waals surface area contributed by atoms with Crippen molar-refractivity contribution in [2.24, 2.45) is 0 Å². The summed E-state index contributed by atoms with van der Waals surface area (Å²) >= 11 is 1.36. The van der Waals surface area contributed by atoms with Crippen molar-refractivity contribution in [3.05, 3.63) is 97.8 Å². The molecule has 4 aromatic carbocycles. The van der Waals surface area contributed by atoms with Crippen LogP contribution in [0.4, 0.5) is 0 Å². The van der Waals surface area contributed by atoms with Crippen LogP contribution in [-0.4, -0.2) is 6.88 Å². The van der Waals surface area contributed by atoms with Crippen LogP contribution >= 0.6 is 24.8 Å². The van der Waals surface area contributed by atoms with Gasteiger partial charge in [0, 0.05) is 0 Å². The summed E-state index contributed by atoms with van der Waals surface area (Å²) < 4.78 is 0. The van der Waals surface area contributed by atoms with Crippen molar-refractivity contribution >= 4 is 53.2 Å². The van der Waals surface area contributed by atoms with Crippen molar-refractivity contribution < 1.29 is 23.3 Å². The Hall–Kier alpha value is -0.660. The van der Waals surface area contributed by atoms with E-state index in [2.05, 4.69) is 95.2 Å². The van der Waals surface area contributed by atoms with Crippen molar-refractivity contribution in [1.82, 2.24) is 0 Å². The molecule has 0 atom stereocenters. The van der Waals surface area contributed by atoms with Gasteiger partial charge in [0.15, 0.2) is 0 Å². The number of halogens is 2. The fraction of sp³-hybridized carbons (Fsp3) is 0.167. The van der Waals surface area contributed by atoms with Gasteiger partial charge >= 0.3 is 30.2 Å². The SMILES string of the molecule is Cc1ccc2cc(C)[cH-]c2c1.Cc1ccc2cc(C)[cH-]c2c1.Cl.Cl.[CH3-].[CH3-].[Si]=[Zr]. The van der Waals surface area contributed by atoms with E-state index in [0.717, 1.165) is 0 Å². The van der Waals surface area contributed by atoms with Crippen LogP contribution in [0.1, 0.15) is 22.3 Å². The van der Waals surface area contributed by atoms with E-state index in [9.17, 15) is 0 Å². The molecule has 0 heterocycles. The van der Waals surface area contributed by atoms with Crippen LogP contribution in [0.2, 0.25) is 0 Å². The first-order chi connectivity index (χ1) is 11.5. The molecule has 0 aliphatic heterocycles. The zero-order valence-electron chi connectivity index (χ0n) is 17.6. The Kier molecular flexibility index (Phi) is 17.4. The molecule has 0 spiro atoms. The molecule has 152 valence electrons. The molecule has 0 amide bonds. The van der Waals surface area contributed by atoms with Gasteiger partial charge in [-0.3, -0.25) is 0 Å². The molecule has 0 saturated heterocycles. The van der Waals surface area contributed by atoms with Crippen molar-refractivity contribution in [1.29, 1.82) is 0 Å². The third kappa shape index (κ3) is 8.78. The average molecular weight is 509 g/mol. The summed E-state index contributed by atoms with van der Waals surface area (Å²) in [6.07, 6.45) is 0. The Balaban J connectivity index is -0.000000363. The minimum absolute atomic E-state index is 0. The summed E-state index contributed by atoms with van der Waals surface area (Å²) in [5.74, 6) is 0. The van der Waals surface area contributed by atoms with Gasteiger partial charge in [-0.2, -0.15) is 12.1 Å². The molecule has 28 heavy (non-hydrogen) atoms. The zero-order chi connectivity index (χ0) is 17.7. The number of aryl methyl sites for hydroxylation is 4. The van der Waals surface area contributed by atoms with E-state index in [0.29, 0.717) is 0 Å². The first-order valence-corrected chi connectivity index (χ1v) is 12.2. The molecule has 0 saturated carbocycles. The molecule has 4 rings (SSSR count). The molecular formula is C24H30Cl2SiZr-4. The van der Waals surface area contributed by atoms with E-state index >= 15 is 0 Å². The van der Waals surface area contributed by atoms with Crippen LogP contribution in [-0.2, 0) is 23.3 Å². The monoisotopic (exact) mass is 506 g/mol. The van der Waals surface area contributed by atoms with Crippen LogP contribution in [0.15, 0.2) is 60.7 Å². The van der Waals surface area contributed by atoms with Crippen molar-refractivity contribution in [3.63, 3.8) is 0 Å². The summed E-state index contributed by atoms with van der Waals surface area (Å²) in [4.78, 5) is 0. The molecule has 0 bridgehead atoms. The van der Waals surface area contributed by atoms with Crippen molar-refractivity contribution in [3.8, 4) is 0 Å². The number of hydrogen-bond donors (Lipinski definition) is 0. The second-order valence-electron chi connectivity index (χ2n) is 6.33. The summed E-state index contributed by atoms with van der Waals surface area (Å²) in [6, 6.07) is 22.0. The number of rotatable bonds is 0. The van der Waals surface area contributed by atoms with E-state index in [-0.39, 0.29) is 39.7 Å². The number of benzene rings is 2. The number of fused-ring (bicyclic) bond motifs is 2. The van der Waals surface area contributed by atoms with Gasteiger partial charge in [0.25, 0.3) is 0 Å². The normalized spacial score (nSPS) is 8.54. The Morgan fingerprint density at radius 2 is 0.929 bits per heavy atom. The van der Waals surface area contributed by atoms with Crippen LogP contribution in [0.3, 0.4) is 0 Å². The Morgan fingerprint density at radius 1 is 0.607 bits per heavy atom. The van der Waals surface area contributed by atoms with Crippen LogP contribution in [0.25, 0.3) is 21.5 Å². The maximum absolute atomic E-state index is 3.06. The quantitative estimate of drug-likeness (QED) is 0.169. The van der Waals surface area contributed by atoms with Gasteiger partial charge < -0.3 is 14.9 Å². The first kappa shape index (κ1) is 32.0. The zero-order valence-corrected chi connectivity index (χ0v) is 22.7. The third-order valence-electron chi connectivity index (χ3n) is 4.02. The van der Waals surface area contributed by atoms with E-state index < -0.39 is 0 Å². The van der Waals surface area contributed by atoms with Gasteiger partial charge in [-0.15, -0.1) is 93.9 Å². The van der Waals surface area contributed by atoms with E-state index in [4.69, 9.17) is 0 Å². The summed E-state index contributed by atoms with van der Waals surface area (Å²) in [6.45, 7) is 11.6. The fourth-order valence-electron chi connectivity index (χ4n) is 2.97. The second kappa shape index (κ2) is 15.2. The molecule has 4 aromatic rings. The van der Waals surface area contributed by atoms with Crippen LogP contribution < -0.4 is 0 Å². The molecule has 2 radical (unpaired) electrons. The van der Waals surface area contributed by atoms with Crippen molar-refractivity contribution in [2.75, 3.05) is 0 Å². The minimum atomic E-state index is 0. The molecule has 0 aliphatic rings. The standard InChI is InChI=1S/2C11H11.2CH3.2ClH.Si.Zr/c2*1-8-3-4-10-6-9(2)7-11(10)5-8;;;;;;/h2*3-7H,1-2H3;2*1H3;2*1H;;/q4*-1;;;;. The molecular weight excluding hydrogens is 478 g/mol. The topological polar surface area (TPSA) is 0 Å². The van der Waals surface area contributed by atoms with E-state index in [1.54, 1.807) is 0 Å². The second-order valence-corrected chi connectivity index (χ2v) is 6.33. The van der Waals surface area contributed by atoms with Crippen molar-refractivity contribution in [2.45, 2.75) is 27.7 Å². The Labute approximate surface area is 200 Å². The number of hydrogen-bond acceptors (Lipinski definition) is 0. The third-order valence-corrected chi connectivity index (χ3v) is 4.02. The van der Waals surface area contributed by atoms with Gasteiger partial charge in [-0.25, -0.2) is 0 Å². The Morgan fingerprint density at radius 3 is 1.25 bits per heavy atom. The fourth-order valence-corrected chi connectivity index (χ4v) is 2.97. The Bertz CT molecular complexity index is 876. The first-order valence-electron chi connectivity index (χ1n) is 8.04. The summed E-state index contributed by atoms with van der Waals surface area (Å²) in [5.41, 5.74) is 5.38. The molecule has 0 fully saturated rings. The van der Waals surface area contributed by atoms with Gasteiger partial charge in [-0.05, 0) is 13.8 Å². The van der Waals surface area contributed by atoms with Gasteiger partial charge in [-0.1, -0.05) is 37.1 Å². The molecule has 4 heteroatoms. The molecule has 0 aliphatic carbocycles.